The quantitative estimate of drug-likeness (QED) is 0.705. The summed E-state index contributed by atoms with van der Waals surface area (Å²) in [6.07, 6.45) is 1.16. The number of likely N-dealkylation sites (tertiary alicyclic amines) is 2. The van der Waals surface area contributed by atoms with Gasteiger partial charge in [0.15, 0.2) is 0 Å². The van der Waals surface area contributed by atoms with E-state index in [0.717, 1.165) is 19.5 Å². The lowest BCUT2D eigenvalue weighted by atomic mass is 10.2. The van der Waals surface area contributed by atoms with Gasteiger partial charge in [-0.3, -0.25) is 14.6 Å². The van der Waals surface area contributed by atoms with Gasteiger partial charge in [-0.1, -0.05) is 0 Å². The smallest absolute Gasteiger partial charge is 0.317 e. The Balaban J connectivity index is 1.93. The lowest BCUT2D eigenvalue weighted by Gasteiger charge is -2.35. The first-order valence-electron chi connectivity index (χ1n) is 5.29. The van der Waals surface area contributed by atoms with Crippen LogP contribution < -0.4 is 0 Å². The number of carboxylic acid groups (broad SMARTS) is 1. The maximum absolute atomic E-state index is 10.6. The van der Waals surface area contributed by atoms with Crippen molar-refractivity contribution in [3.05, 3.63) is 0 Å². The second-order valence-corrected chi connectivity index (χ2v) is 4.66. The van der Waals surface area contributed by atoms with Gasteiger partial charge in [-0.15, -0.1) is 0 Å². The molecule has 2 saturated heterocycles. The van der Waals surface area contributed by atoms with Crippen molar-refractivity contribution in [2.24, 2.45) is 0 Å². The summed E-state index contributed by atoms with van der Waals surface area (Å²) in [5.74, 6) is -0.700. The molecule has 1 N–H and O–H groups in total. The van der Waals surface area contributed by atoms with E-state index >= 15 is 0 Å². The van der Waals surface area contributed by atoms with Crippen LogP contribution in [-0.2, 0) is 4.79 Å². The summed E-state index contributed by atoms with van der Waals surface area (Å²) < 4.78 is 0. The van der Waals surface area contributed by atoms with Crippen LogP contribution in [0, 0.1) is 0 Å². The summed E-state index contributed by atoms with van der Waals surface area (Å²) >= 11 is 0. The molecule has 2 aliphatic heterocycles. The summed E-state index contributed by atoms with van der Waals surface area (Å²) in [4.78, 5) is 15.2. The number of carboxylic acids is 1. The van der Waals surface area contributed by atoms with Crippen molar-refractivity contribution in [1.29, 1.82) is 0 Å². The van der Waals surface area contributed by atoms with E-state index in [2.05, 4.69) is 23.6 Å². The second kappa shape index (κ2) is 3.51. The second-order valence-electron chi connectivity index (χ2n) is 4.66. The van der Waals surface area contributed by atoms with Crippen LogP contribution in [0.5, 0.6) is 0 Å². The molecule has 2 fully saturated rings. The first-order valence-corrected chi connectivity index (χ1v) is 5.29. The Labute approximate surface area is 84.5 Å². The molecule has 2 unspecified atom stereocenters. The van der Waals surface area contributed by atoms with Gasteiger partial charge in [0, 0.05) is 31.2 Å². The lowest BCUT2D eigenvalue weighted by molar-refractivity contribution is -0.138. The molecule has 2 heterocycles. The highest BCUT2D eigenvalue weighted by atomic mass is 16.4. The highest BCUT2D eigenvalue weighted by Crippen LogP contribution is 2.31. The number of carbonyl (C=O) groups is 1. The Bertz CT molecular complexity index is 242. The molecule has 80 valence electrons. The normalized spacial score (nSPS) is 33.1. The third kappa shape index (κ3) is 1.64. The zero-order valence-electron chi connectivity index (χ0n) is 8.81. The Hall–Kier alpha value is -0.610. The molecule has 0 spiro atoms. The molecule has 0 amide bonds. The van der Waals surface area contributed by atoms with Crippen LogP contribution in [-0.4, -0.2) is 58.6 Å². The minimum Gasteiger partial charge on any atom is -0.480 e. The molecule has 2 aliphatic rings. The molecule has 2 rings (SSSR count). The first kappa shape index (κ1) is 9.93. The summed E-state index contributed by atoms with van der Waals surface area (Å²) in [5.41, 5.74) is 0. The molecule has 0 radical (unpaired) electrons. The molecule has 0 aliphatic carbocycles. The maximum Gasteiger partial charge on any atom is 0.317 e. The predicted molar refractivity (Wildman–Crippen MR) is 53.2 cm³/mol. The van der Waals surface area contributed by atoms with Crippen LogP contribution in [0.2, 0.25) is 0 Å². The van der Waals surface area contributed by atoms with Crippen LogP contribution in [0.4, 0.5) is 0 Å². The average Bonchev–Trinajstić information content (AvgIpc) is 2.60. The predicted octanol–water partition coefficient (Wildman–Crippen LogP) is 0.238. The SMILES string of the molecule is CC(C)N1CC2CC1CN2CC(=O)O. The maximum atomic E-state index is 10.6. The summed E-state index contributed by atoms with van der Waals surface area (Å²) in [5, 5.41) is 8.72. The Morgan fingerprint density at radius 2 is 2.14 bits per heavy atom. The number of nitrogens with zero attached hydrogens (tertiary/aromatic N) is 2. The monoisotopic (exact) mass is 198 g/mol. The van der Waals surface area contributed by atoms with Crippen molar-refractivity contribution in [2.45, 2.75) is 38.4 Å². The van der Waals surface area contributed by atoms with Gasteiger partial charge < -0.3 is 5.11 Å². The largest absolute Gasteiger partial charge is 0.480 e. The van der Waals surface area contributed by atoms with Crippen molar-refractivity contribution < 1.29 is 9.90 Å². The zero-order valence-corrected chi connectivity index (χ0v) is 8.81. The minimum absolute atomic E-state index is 0.215. The van der Waals surface area contributed by atoms with E-state index in [1.165, 1.54) is 0 Å². The van der Waals surface area contributed by atoms with Crippen molar-refractivity contribution >= 4 is 5.97 Å². The van der Waals surface area contributed by atoms with Gasteiger partial charge in [0.25, 0.3) is 0 Å². The number of fused-ring (bicyclic) bond motifs is 2. The molecule has 0 saturated carbocycles. The number of hydrogen-bond donors (Lipinski definition) is 1. The van der Waals surface area contributed by atoms with E-state index in [4.69, 9.17) is 5.11 Å². The van der Waals surface area contributed by atoms with Gasteiger partial charge in [-0.05, 0) is 20.3 Å². The van der Waals surface area contributed by atoms with Crippen LogP contribution in [0.1, 0.15) is 20.3 Å². The standard InChI is InChI=1S/C10H18N2O2/c1-7(2)12-5-8-3-9(12)4-11(8)6-10(13)14/h7-9H,3-6H2,1-2H3,(H,13,14). The van der Waals surface area contributed by atoms with Crippen LogP contribution in [0.3, 0.4) is 0 Å². The topological polar surface area (TPSA) is 43.8 Å². The minimum atomic E-state index is -0.700. The van der Waals surface area contributed by atoms with Crippen molar-refractivity contribution in [3.8, 4) is 0 Å². The van der Waals surface area contributed by atoms with E-state index in [0.29, 0.717) is 18.1 Å². The fourth-order valence-corrected chi connectivity index (χ4v) is 2.78. The number of rotatable bonds is 3. The number of hydrogen-bond acceptors (Lipinski definition) is 3. The van der Waals surface area contributed by atoms with E-state index in [-0.39, 0.29) is 6.54 Å². The molecular formula is C10H18N2O2. The van der Waals surface area contributed by atoms with E-state index in [1.807, 2.05) is 0 Å². The van der Waals surface area contributed by atoms with Gasteiger partial charge in [-0.25, -0.2) is 0 Å². The Kier molecular flexibility index (Phi) is 2.49. The molecule has 4 nitrogen and oxygen atoms in total. The highest BCUT2D eigenvalue weighted by molar-refractivity contribution is 5.69. The zero-order chi connectivity index (χ0) is 10.3. The van der Waals surface area contributed by atoms with Crippen molar-refractivity contribution in [3.63, 3.8) is 0 Å². The molecular weight excluding hydrogens is 180 g/mol. The highest BCUT2D eigenvalue weighted by Gasteiger charge is 2.44. The summed E-state index contributed by atoms with van der Waals surface area (Å²) in [6.45, 7) is 6.63. The first-order chi connectivity index (χ1) is 6.58. The third-order valence-corrected chi connectivity index (χ3v) is 3.40. The lowest BCUT2D eigenvalue weighted by Crippen LogP contribution is -2.50. The Morgan fingerprint density at radius 3 is 2.57 bits per heavy atom. The van der Waals surface area contributed by atoms with Gasteiger partial charge >= 0.3 is 5.97 Å². The van der Waals surface area contributed by atoms with Crippen LogP contribution in [0.25, 0.3) is 0 Å². The summed E-state index contributed by atoms with van der Waals surface area (Å²) in [6, 6.07) is 1.68. The molecule has 0 aromatic heterocycles. The molecule has 14 heavy (non-hydrogen) atoms. The molecule has 0 aromatic carbocycles. The van der Waals surface area contributed by atoms with E-state index < -0.39 is 5.97 Å². The van der Waals surface area contributed by atoms with Crippen molar-refractivity contribution in [1.82, 2.24) is 9.80 Å². The Morgan fingerprint density at radius 1 is 1.43 bits per heavy atom. The van der Waals surface area contributed by atoms with Crippen LogP contribution in [0.15, 0.2) is 0 Å². The molecule has 4 heteroatoms. The van der Waals surface area contributed by atoms with Crippen molar-refractivity contribution in [2.75, 3.05) is 19.6 Å². The molecule has 0 aromatic rings. The van der Waals surface area contributed by atoms with Gasteiger partial charge in [0.05, 0.1) is 6.54 Å². The molecule has 2 atom stereocenters. The third-order valence-electron chi connectivity index (χ3n) is 3.40. The summed E-state index contributed by atoms with van der Waals surface area (Å²) in [7, 11) is 0. The average molecular weight is 198 g/mol. The van der Waals surface area contributed by atoms with Gasteiger partial charge in [0.2, 0.25) is 0 Å². The van der Waals surface area contributed by atoms with E-state index in [9.17, 15) is 4.79 Å². The van der Waals surface area contributed by atoms with E-state index in [1.54, 1.807) is 0 Å². The van der Waals surface area contributed by atoms with Gasteiger partial charge in [-0.2, -0.15) is 0 Å². The van der Waals surface area contributed by atoms with Gasteiger partial charge in [0.1, 0.15) is 0 Å². The fourth-order valence-electron chi connectivity index (χ4n) is 2.78. The number of piperazine rings is 1. The number of aliphatic carboxylic acids is 1. The fraction of sp³-hybridized carbons (Fsp3) is 0.900. The van der Waals surface area contributed by atoms with Crippen LogP contribution >= 0.6 is 0 Å². The molecule has 2 bridgehead atoms.